The molecule has 0 saturated carbocycles. The summed E-state index contributed by atoms with van der Waals surface area (Å²) in [5, 5.41) is 0. The monoisotopic (exact) mass is 287 g/mol. The van der Waals surface area contributed by atoms with Gasteiger partial charge in [0.15, 0.2) is 0 Å². The van der Waals surface area contributed by atoms with Crippen LogP contribution in [0.5, 0.6) is 0 Å². The van der Waals surface area contributed by atoms with E-state index in [4.69, 9.17) is 5.73 Å². The fraction of sp³-hybridized carbons (Fsp3) is 0.571. The molecule has 0 amide bonds. The van der Waals surface area contributed by atoms with Gasteiger partial charge in [-0.1, -0.05) is 25.1 Å². The van der Waals surface area contributed by atoms with Gasteiger partial charge in [-0.3, -0.25) is 0 Å². The molecule has 0 aliphatic heterocycles. The molecular weight excluding hydrogens is 265 g/mol. The molecule has 5 heteroatoms. The summed E-state index contributed by atoms with van der Waals surface area (Å²) in [5.41, 5.74) is 6.33. The summed E-state index contributed by atoms with van der Waals surface area (Å²) in [6.45, 7) is 2.09. The fourth-order valence-electron chi connectivity index (χ4n) is 2.01. The maximum Gasteiger partial charge on any atom is 0.150 e. The zero-order chi connectivity index (χ0) is 14.3. The minimum atomic E-state index is -2.92. The Bertz CT molecular complexity index is 488. The Balaban J connectivity index is 2.49. The van der Waals surface area contributed by atoms with Gasteiger partial charge in [-0.2, -0.15) is 0 Å². The number of hydrogen-bond acceptors (Lipinski definition) is 3. The van der Waals surface area contributed by atoms with E-state index < -0.39 is 9.84 Å². The van der Waals surface area contributed by atoms with Crippen molar-refractivity contribution in [3.05, 3.63) is 35.6 Å². The highest BCUT2D eigenvalue weighted by atomic mass is 32.2. The smallest absolute Gasteiger partial charge is 0.150 e. The Hall–Kier alpha value is -0.940. The quantitative estimate of drug-likeness (QED) is 0.797. The van der Waals surface area contributed by atoms with E-state index in [1.807, 2.05) is 0 Å². The molecule has 1 unspecified atom stereocenters. The van der Waals surface area contributed by atoms with Crippen LogP contribution in [-0.4, -0.2) is 26.5 Å². The standard InChI is InChI=1S/C14H22FNO2S/c1-2-19(17,18)9-5-6-12(11-16)10-13-7-3-4-8-14(13)15/h3-4,7-8,12H,2,5-6,9-11,16H2,1H3. The summed E-state index contributed by atoms with van der Waals surface area (Å²) in [6, 6.07) is 6.64. The van der Waals surface area contributed by atoms with Crippen molar-refractivity contribution in [2.24, 2.45) is 11.7 Å². The maximum absolute atomic E-state index is 13.5. The minimum Gasteiger partial charge on any atom is -0.330 e. The van der Waals surface area contributed by atoms with Crippen molar-refractivity contribution < 1.29 is 12.8 Å². The van der Waals surface area contributed by atoms with Crippen molar-refractivity contribution in [1.29, 1.82) is 0 Å². The lowest BCUT2D eigenvalue weighted by molar-refractivity contribution is 0.473. The summed E-state index contributed by atoms with van der Waals surface area (Å²) >= 11 is 0. The van der Waals surface area contributed by atoms with Gasteiger partial charge in [0, 0.05) is 5.75 Å². The Morgan fingerprint density at radius 3 is 2.58 bits per heavy atom. The molecule has 0 heterocycles. The first-order valence-corrected chi connectivity index (χ1v) is 8.44. The van der Waals surface area contributed by atoms with Crippen LogP contribution >= 0.6 is 0 Å². The summed E-state index contributed by atoms with van der Waals surface area (Å²) in [5.74, 6) is 0.274. The summed E-state index contributed by atoms with van der Waals surface area (Å²) in [6.07, 6.45) is 1.87. The molecule has 19 heavy (non-hydrogen) atoms. The normalized spacial score (nSPS) is 13.4. The van der Waals surface area contributed by atoms with E-state index in [1.54, 1.807) is 25.1 Å². The van der Waals surface area contributed by atoms with Crippen LogP contribution in [-0.2, 0) is 16.3 Å². The van der Waals surface area contributed by atoms with E-state index in [9.17, 15) is 12.8 Å². The highest BCUT2D eigenvalue weighted by Gasteiger charge is 2.13. The Morgan fingerprint density at radius 1 is 1.32 bits per heavy atom. The van der Waals surface area contributed by atoms with Gasteiger partial charge in [0.25, 0.3) is 0 Å². The first kappa shape index (κ1) is 16.1. The van der Waals surface area contributed by atoms with E-state index in [0.717, 1.165) is 0 Å². The van der Waals surface area contributed by atoms with Crippen LogP contribution in [0.2, 0.25) is 0 Å². The second-order valence-corrected chi connectivity index (χ2v) is 7.25. The van der Waals surface area contributed by atoms with Gasteiger partial charge in [-0.05, 0) is 43.4 Å². The molecule has 1 aromatic carbocycles. The highest BCUT2D eigenvalue weighted by molar-refractivity contribution is 7.91. The van der Waals surface area contributed by atoms with Crippen LogP contribution in [0.15, 0.2) is 24.3 Å². The highest BCUT2D eigenvalue weighted by Crippen LogP contribution is 2.16. The molecule has 0 spiro atoms. The molecule has 0 radical (unpaired) electrons. The molecule has 0 aromatic heterocycles. The third-order valence-corrected chi connectivity index (χ3v) is 5.10. The van der Waals surface area contributed by atoms with Crippen molar-refractivity contribution in [1.82, 2.24) is 0 Å². The van der Waals surface area contributed by atoms with Crippen LogP contribution in [0.4, 0.5) is 4.39 Å². The van der Waals surface area contributed by atoms with Crippen molar-refractivity contribution in [2.45, 2.75) is 26.2 Å². The molecule has 2 N–H and O–H groups in total. The molecule has 3 nitrogen and oxygen atoms in total. The second kappa shape index (κ2) is 7.60. The summed E-state index contributed by atoms with van der Waals surface area (Å²) in [7, 11) is -2.92. The Kier molecular flexibility index (Phi) is 6.45. The zero-order valence-electron chi connectivity index (χ0n) is 11.3. The van der Waals surface area contributed by atoms with Gasteiger partial charge in [0.05, 0.1) is 5.75 Å². The third kappa shape index (κ3) is 5.70. The van der Waals surface area contributed by atoms with Crippen LogP contribution in [0.3, 0.4) is 0 Å². The molecule has 1 aromatic rings. The average Bonchev–Trinajstić information content (AvgIpc) is 2.39. The van der Waals surface area contributed by atoms with E-state index in [-0.39, 0.29) is 23.2 Å². The second-order valence-electron chi connectivity index (χ2n) is 4.78. The lowest BCUT2D eigenvalue weighted by Crippen LogP contribution is -2.19. The predicted octanol–water partition coefficient (Wildman–Crippen LogP) is 2.16. The van der Waals surface area contributed by atoms with Crippen molar-refractivity contribution >= 4 is 9.84 Å². The molecule has 1 rings (SSSR count). The number of halogens is 1. The molecule has 0 saturated heterocycles. The topological polar surface area (TPSA) is 60.2 Å². The first-order valence-electron chi connectivity index (χ1n) is 6.62. The third-order valence-electron chi connectivity index (χ3n) is 3.31. The Labute approximate surface area is 114 Å². The van der Waals surface area contributed by atoms with E-state index in [0.29, 0.717) is 31.4 Å². The summed E-state index contributed by atoms with van der Waals surface area (Å²) in [4.78, 5) is 0. The van der Waals surface area contributed by atoms with Gasteiger partial charge in [0.1, 0.15) is 15.7 Å². The lowest BCUT2D eigenvalue weighted by Gasteiger charge is -2.15. The Morgan fingerprint density at radius 2 is 2.00 bits per heavy atom. The largest absolute Gasteiger partial charge is 0.330 e. The van der Waals surface area contributed by atoms with E-state index >= 15 is 0 Å². The molecule has 0 aliphatic rings. The van der Waals surface area contributed by atoms with Crippen LogP contribution in [0.1, 0.15) is 25.3 Å². The molecule has 1 atom stereocenters. The molecule has 108 valence electrons. The molecular formula is C14H22FNO2S. The van der Waals surface area contributed by atoms with Crippen LogP contribution < -0.4 is 5.73 Å². The fourth-order valence-corrected chi connectivity index (χ4v) is 2.91. The molecule has 0 fully saturated rings. The van der Waals surface area contributed by atoms with Gasteiger partial charge in [-0.15, -0.1) is 0 Å². The number of benzene rings is 1. The van der Waals surface area contributed by atoms with Crippen LogP contribution in [0.25, 0.3) is 0 Å². The van der Waals surface area contributed by atoms with Gasteiger partial charge < -0.3 is 5.73 Å². The average molecular weight is 287 g/mol. The van der Waals surface area contributed by atoms with Gasteiger partial charge in [-0.25, -0.2) is 12.8 Å². The van der Waals surface area contributed by atoms with E-state index in [1.165, 1.54) is 6.07 Å². The summed E-state index contributed by atoms with van der Waals surface area (Å²) < 4.78 is 36.3. The number of nitrogens with two attached hydrogens (primary N) is 1. The van der Waals surface area contributed by atoms with Gasteiger partial charge in [0.2, 0.25) is 0 Å². The minimum absolute atomic E-state index is 0.129. The predicted molar refractivity (Wildman–Crippen MR) is 76.2 cm³/mol. The van der Waals surface area contributed by atoms with Crippen LogP contribution in [0, 0.1) is 11.7 Å². The number of rotatable bonds is 8. The van der Waals surface area contributed by atoms with Crippen molar-refractivity contribution in [3.8, 4) is 0 Å². The SMILES string of the molecule is CCS(=O)(=O)CCCC(CN)Cc1ccccc1F. The first-order chi connectivity index (χ1) is 8.98. The maximum atomic E-state index is 13.5. The molecule has 0 bridgehead atoms. The number of hydrogen-bond donors (Lipinski definition) is 1. The van der Waals surface area contributed by atoms with Gasteiger partial charge >= 0.3 is 0 Å². The van der Waals surface area contributed by atoms with E-state index in [2.05, 4.69) is 0 Å². The number of sulfone groups is 1. The zero-order valence-corrected chi connectivity index (χ0v) is 12.1. The molecule has 0 aliphatic carbocycles. The lowest BCUT2D eigenvalue weighted by atomic mass is 9.95. The van der Waals surface area contributed by atoms with Crippen molar-refractivity contribution in [3.63, 3.8) is 0 Å². The van der Waals surface area contributed by atoms with Crippen molar-refractivity contribution in [2.75, 3.05) is 18.1 Å².